The van der Waals surface area contributed by atoms with Crippen molar-refractivity contribution in [2.24, 2.45) is 5.73 Å². The summed E-state index contributed by atoms with van der Waals surface area (Å²) >= 11 is 0. The summed E-state index contributed by atoms with van der Waals surface area (Å²) in [5.41, 5.74) is 6.08. The van der Waals surface area contributed by atoms with Gasteiger partial charge in [0.05, 0.1) is 17.9 Å². The number of anilines is 1. The molecule has 0 radical (unpaired) electrons. The smallest absolute Gasteiger partial charge is 0.249 e. The number of rotatable bonds is 2. The molecule has 0 aliphatic carbocycles. The zero-order valence-corrected chi connectivity index (χ0v) is 10.2. The number of nitriles is 1. The highest BCUT2D eigenvalue weighted by molar-refractivity contribution is 6.00. The Hall–Kier alpha value is -1.90. The normalized spacial score (nSPS) is 22.5. The van der Waals surface area contributed by atoms with Crippen molar-refractivity contribution in [1.82, 2.24) is 0 Å². The number of hydrogen-bond donors (Lipinski definition) is 1. The number of nitrogens with zero attached hydrogens (tertiary/aromatic N) is 2. The van der Waals surface area contributed by atoms with Crippen LogP contribution in [0.1, 0.15) is 12.0 Å². The minimum atomic E-state index is -0.975. The van der Waals surface area contributed by atoms with Crippen molar-refractivity contribution in [2.75, 3.05) is 25.2 Å². The maximum Gasteiger partial charge on any atom is 0.249 e. The average molecular weight is 245 g/mol. The Balaban J connectivity index is 2.29. The van der Waals surface area contributed by atoms with E-state index in [1.54, 1.807) is 31.3 Å². The highest BCUT2D eigenvalue weighted by Crippen LogP contribution is 2.24. The molecule has 1 aromatic carbocycles. The van der Waals surface area contributed by atoms with Gasteiger partial charge in [-0.2, -0.15) is 5.26 Å². The van der Waals surface area contributed by atoms with Gasteiger partial charge >= 0.3 is 0 Å². The summed E-state index contributed by atoms with van der Waals surface area (Å²) in [4.78, 5) is 13.8. The first-order valence-electron chi connectivity index (χ1n) is 5.72. The van der Waals surface area contributed by atoms with Gasteiger partial charge in [0.2, 0.25) is 5.91 Å². The fourth-order valence-corrected chi connectivity index (χ4v) is 2.05. The predicted molar refractivity (Wildman–Crippen MR) is 66.9 cm³/mol. The number of carbonyl (C=O) groups excluding carboxylic acids is 1. The summed E-state index contributed by atoms with van der Waals surface area (Å²) < 4.78 is 5.19. The summed E-state index contributed by atoms with van der Waals surface area (Å²) in [6.07, 6.45) is 0.505. The predicted octanol–water partition coefficient (Wildman–Crippen LogP) is 0.639. The summed E-state index contributed by atoms with van der Waals surface area (Å²) in [5.74, 6) is -0.220. The van der Waals surface area contributed by atoms with Crippen LogP contribution in [-0.4, -0.2) is 31.7 Å². The van der Waals surface area contributed by atoms with E-state index in [1.807, 2.05) is 0 Å². The van der Waals surface area contributed by atoms with Crippen molar-refractivity contribution >= 4 is 11.6 Å². The molecule has 5 heteroatoms. The first-order valence-corrected chi connectivity index (χ1v) is 5.72. The van der Waals surface area contributed by atoms with Crippen LogP contribution in [0, 0.1) is 11.3 Å². The molecule has 0 aromatic heterocycles. The second kappa shape index (κ2) is 4.77. The van der Waals surface area contributed by atoms with Gasteiger partial charge in [-0.3, -0.25) is 4.79 Å². The molecule has 1 aromatic rings. The third-order valence-corrected chi connectivity index (χ3v) is 3.17. The first-order chi connectivity index (χ1) is 8.58. The van der Waals surface area contributed by atoms with Crippen LogP contribution in [0.4, 0.5) is 5.69 Å². The van der Waals surface area contributed by atoms with E-state index < -0.39 is 5.54 Å². The highest BCUT2D eigenvalue weighted by atomic mass is 16.5. The van der Waals surface area contributed by atoms with Crippen molar-refractivity contribution in [3.63, 3.8) is 0 Å². The van der Waals surface area contributed by atoms with Gasteiger partial charge in [-0.25, -0.2) is 0 Å². The van der Waals surface area contributed by atoms with Gasteiger partial charge in [-0.05, 0) is 18.6 Å². The molecule has 18 heavy (non-hydrogen) atoms. The quantitative estimate of drug-likeness (QED) is 0.829. The van der Waals surface area contributed by atoms with Crippen molar-refractivity contribution < 1.29 is 9.53 Å². The maximum absolute atomic E-state index is 12.3. The Bertz CT molecular complexity index is 501. The van der Waals surface area contributed by atoms with Crippen LogP contribution >= 0.6 is 0 Å². The lowest BCUT2D eigenvalue weighted by molar-refractivity contribution is -0.123. The molecular formula is C13H15N3O2. The molecule has 0 spiro atoms. The standard InChI is InChI=1S/C13H15N3O2/c1-16(11-5-3-2-4-10(11)8-14)12(17)13(15)6-7-18-9-13/h2-5H,6-7,9,15H2,1H3. The minimum absolute atomic E-state index is 0.220. The Morgan fingerprint density at radius 1 is 1.56 bits per heavy atom. The third kappa shape index (κ3) is 2.08. The molecular weight excluding hydrogens is 230 g/mol. The minimum Gasteiger partial charge on any atom is -0.379 e. The molecule has 2 N–H and O–H groups in total. The molecule has 2 rings (SSSR count). The number of para-hydroxylation sites is 1. The van der Waals surface area contributed by atoms with Crippen molar-refractivity contribution in [2.45, 2.75) is 12.0 Å². The van der Waals surface area contributed by atoms with E-state index in [9.17, 15) is 4.79 Å². The van der Waals surface area contributed by atoms with E-state index in [4.69, 9.17) is 15.7 Å². The van der Waals surface area contributed by atoms with Gasteiger partial charge < -0.3 is 15.4 Å². The van der Waals surface area contributed by atoms with Crippen LogP contribution in [0.5, 0.6) is 0 Å². The van der Waals surface area contributed by atoms with Crippen LogP contribution in [0.15, 0.2) is 24.3 Å². The van der Waals surface area contributed by atoms with Gasteiger partial charge in [-0.15, -0.1) is 0 Å². The Morgan fingerprint density at radius 3 is 2.89 bits per heavy atom. The number of likely N-dealkylation sites (N-methyl/N-ethyl adjacent to an activating group) is 1. The molecule has 0 bridgehead atoms. The second-order valence-electron chi connectivity index (χ2n) is 4.45. The Morgan fingerprint density at radius 2 is 2.28 bits per heavy atom. The molecule has 1 unspecified atom stereocenters. The number of hydrogen-bond acceptors (Lipinski definition) is 4. The molecule has 1 atom stereocenters. The molecule has 1 aliphatic rings. The SMILES string of the molecule is CN(C(=O)C1(N)CCOC1)c1ccccc1C#N. The molecule has 1 aliphatic heterocycles. The lowest BCUT2D eigenvalue weighted by atomic mass is 9.98. The maximum atomic E-state index is 12.3. The van der Waals surface area contributed by atoms with Crippen LogP contribution in [0.25, 0.3) is 0 Å². The number of carbonyl (C=O) groups is 1. The average Bonchev–Trinajstić information content (AvgIpc) is 2.85. The highest BCUT2D eigenvalue weighted by Gasteiger charge is 2.40. The van der Waals surface area contributed by atoms with E-state index in [0.717, 1.165) is 0 Å². The van der Waals surface area contributed by atoms with Crippen molar-refractivity contribution in [1.29, 1.82) is 5.26 Å². The summed E-state index contributed by atoms with van der Waals surface area (Å²) in [7, 11) is 1.63. The molecule has 1 amide bonds. The van der Waals surface area contributed by atoms with Gasteiger partial charge in [0.1, 0.15) is 11.6 Å². The first kappa shape index (κ1) is 12.6. The van der Waals surface area contributed by atoms with E-state index in [-0.39, 0.29) is 12.5 Å². The lowest BCUT2D eigenvalue weighted by Crippen LogP contribution is -2.55. The summed E-state index contributed by atoms with van der Waals surface area (Å²) in [6, 6.07) is 9.02. The number of ether oxygens (including phenoxy) is 1. The molecule has 1 saturated heterocycles. The largest absolute Gasteiger partial charge is 0.379 e. The molecule has 0 saturated carbocycles. The molecule has 94 valence electrons. The molecule has 5 nitrogen and oxygen atoms in total. The Labute approximate surface area is 106 Å². The van der Waals surface area contributed by atoms with Gasteiger partial charge in [-0.1, -0.05) is 12.1 Å². The van der Waals surface area contributed by atoms with Gasteiger partial charge in [0.15, 0.2) is 0 Å². The van der Waals surface area contributed by atoms with Gasteiger partial charge in [0.25, 0.3) is 0 Å². The topological polar surface area (TPSA) is 79.3 Å². The van der Waals surface area contributed by atoms with Gasteiger partial charge in [0, 0.05) is 13.7 Å². The van der Waals surface area contributed by atoms with Crippen LogP contribution in [0.3, 0.4) is 0 Å². The zero-order valence-electron chi connectivity index (χ0n) is 10.2. The van der Waals surface area contributed by atoms with Crippen LogP contribution in [0.2, 0.25) is 0 Å². The summed E-state index contributed by atoms with van der Waals surface area (Å²) in [6.45, 7) is 0.723. The second-order valence-corrected chi connectivity index (χ2v) is 4.45. The number of amides is 1. The Kier molecular flexibility index (Phi) is 3.32. The van der Waals surface area contributed by atoms with Crippen LogP contribution in [-0.2, 0) is 9.53 Å². The third-order valence-electron chi connectivity index (χ3n) is 3.17. The van der Waals surface area contributed by atoms with E-state index in [0.29, 0.717) is 24.3 Å². The van der Waals surface area contributed by atoms with Crippen molar-refractivity contribution in [3.05, 3.63) is 29.8 Å². The van der Waals surface area contributed by atoms with E-state index >= 15 is 0 Å². The van der Waals surface area contributed by atoms with Crippen molar-refractivity contribution in [3.8, 4) is 6.07 Å². The van der Waals surface area contributed by atoms with E-state index in [2.05, 4.69) is 6.07 Å². The fraction of sp³-hybridized carbons (Fsp3) is 0.385. The lowest BCUT2D eigenvalue weighted by Gasteiger charge is -2.28. The zero-order chi connectivity index (χ0) is 13.2. The molecule has 1 fully saturated rings. The number of benzene rings is 1. The summed E-state index contributed by atoms with van der Waals surface area (Å²) in [5, 5.41) is 9.03. The van der Waals surface area contributed by atoms with E-state index in [1.165, 1.54) is 4.90 Å². The van der Waals surface area contributed by atoms with Crippen LogP contribution < -0.4 is 10.6 Å². The monoisotopic (exact) mass is 245 g/mol. The molecule has 1 heterocycles. The number of nitrogens with two attached hydrogens (primary N) is 1. The fourth-order valence-electron chi connectivity index (χ4n) is 2.05.